The number of hydrogen-bond acceptors (Lipinski definition) is 5. The van der Waals surface area contributed by atoms with Crippen molar-refractivity contribution in [2.45, 2.75) is 25.3 Å². The Hall–Kier alpha value is -2.24. The second-order valence-electron chi connectivity index (χ2n) is 4.99. The normalized spacial score (nSPS) is 18.2. The largest absolute Gasteiger partial charge is 0.496 e. The van der Waals surface area contributed by atoms with Gasteiger partial charge in [0.1, 0.15) is 11.8 Å². The van der Waals surface area contributed by atoms with Crippen LogP contribution in [0.25, 0.3) is 0 Å². The minimum atomic E-state index is -0.529. The molecule has 0 saturated carbocycles. The van der Waals surface area contributed by atoms with Gasteiger partial charge in [-0.1, -0.05) is 0 Å². The van der Waals surface area contributed by atoms with Gasteiger partial charge < -0.3 is 20.1 Å². The summed E-state index contributed by atoms with van der Waals surface area (Å²) in [5.74, 6) is -0.200. The monoisotopic (exact) mass is 292 g/mol. The van der Waals surface area contributed by atoms with E-state index >= 15 is 0 Å². The summed E-state index contributed by atoms with van der Waals surface area (Å²) in [6.07, 6.45) is 2.40. The average molecular weight is 292 g/mol. The Morgan fingerprint density at radius 3 is 2.71 bits per heavy atom. The van der Waals surface area contributed by atoms with Crippen molar-refractivity contribution in [3.63, 3.8) is 0 Å². The van der Waals surface area contributed by atoms with Crippen molar-refractivity contribution in [2.75, 3.05) is 26.5 Å². The van der Waals surface area contributed by atoms with Crippen molar-refractivity contribution < 1.29 is 19.1 Å². The maximum absolute atomic E-state index is 12.7. The molecule has 1 aromatic rings. The summed E-state index contributed by atoms with van der Waals surface area (Å²) in [5, 5.41) is 0. The predicted molar refractivity (Wildman–Crippen MR) is 78.1 cm³/mol. The number of benzene rings is 1. The molecule has 1 saturated heterocycles. The summed E-state index contributed by atoms with van der Waals surface area (Å²) in [4.78, 5) is 26.1. The van der Waals surface area contributed by atoms with Gasteiger partial charge in [-0.2, -0.15) is 0 Å². The summed E-state index contributed by atoms with van der Waals surface area (Å²) in [7, 11) is 2.82. The lowest BCUT2D eigenvalue weighted by Crippen LogP contribution is -2.48. The molecule has 1 aliphatic heterocycles. The first-order chi connectivity index (χ1) is 10.1. The molecule has 6 heteroatoms. The third-order valence-corrected chi connectivity index (χ3v) is 3.69. The van der Waals surface area contributed by atoms with E-state index in [0.29, 0.717) is 30.0 Å². The topological polar surface area (TPSA) is 81.9 Å². The number of nitrogen functional groups attached to an aromatic ring is 1. The summed E-state index contributed by atoms with van der Waals surface area (Å²) in [6, 6.07) is 4.34. The van der Waals surface area contributed by atoms with Crippen molar-refractivity contribution in [3.05, 3.63) is 23.8 Å². The first-order valence-corrected chi connectivity index (χ1v) is 6.90. The van der Waals surface area contributed by atoms with E-state index in [4.69, 9.17) is 15.2 Å². The fourth-order valence-corrected chi connectivity index (χ4v) is 2.59. The van der Waals surface area contributed by atoms with E-state index < -0.39 is 6.04 Å². The van der Waals surface area contributed by atoms with Gasteiger partial charge in [-0.25, -0.2) is 4.79 Å². The molecule has 0 aromatic heterocycles. The molecule has 6 nitrogen and oxygen atoms in total. The molecule has 2 rings (SSSR count). The Balaban J connectivity index is 2.31. The molecule has 0 bridgehead atoms. The fraction of sp³-hybridized carbons (Fsp3) is 0.467. The molecular formula is C15H20N2O4. The molecule has 1 fully saturated rings. The van der Waals surface area contributed by atoms with E-state index in [1.165, 1.54) is 14.2 Å². The minimum absolute atomic E-state index is 0.234. The molecule has 0 spiro atoms. The van der Waals surface area contributed by atoms with E-state index in [1.807, 2.05) is 0 Å². The first-order valence-electron chi connectivity index (χ1n) is 6.90. The van der Waals surface area contributed by atoms with Crippen molar-refractivity contribution in [2.24, 2.45) is 0 Å². The third-order valence-electron chi connectivity index (χ3n) is 3.69. The van der Waals surface area contributed by atoms with Crippen molar-refractivity contribution >= 4 is 17.6 Å². The first kappa shape index (κ1) is 15.2. The molecule has 1 amide bonds. The van der Waals surface area contributed by atoms with Crippen LogP contribution in [0.3, 0.4) is 0 Å². The van der Waals surface area contributed by atoms with Gasteiger partial charge in [0.05, 0.1) is 19.8 Å². The number of carbonyl (C=O) groups is 2. The lowest BCUT2D eigenvalue weighted by atomic mass is 10.0. The fourth-order valence-electron chi connectivity index (χ4n) is 2.59. The highest BCUT2D eigenvalue weighted by Gasteiger charge is 2.34. The van der Waals surface area contributed by atoms with E-state index in [-0.39, 0.29) is 11.9 Å². The molecule has 1 heterocycles. The maximum Gasteiger partial charge on any atom is 0.328 e. The van der Waals surface area contributed by atoms with Crippen LogP contribution in [0.1, 0.15) is 29.6 Å². The number of piperidine rings is 1. The molecule has 0 aliphatic carbocycles. The van der Waals surface area contributed by atoms with Crippen LogP contribution in [0, 0.1) is 0 Å². The molecule has 1 aromatic carbocycles. The Bertz CT molecular complexity index is 544. The van der Waals surface area contributed by atoms with Crippen LogP contribution in [0.5, 0.6) is 5.75 Å². The van der Waals surface area contributed by atoms with Crippen LogP contribution in [-0.2, 0) is 9.53 Å². The van der Waals surface area contributed by atoms with E-state index in [0.717, 1.165) is 12.8 Å². The zero-order chi connectivity index (χ0) is 15.4. The lowest BCUT2D eigenvalue weighted by molar-refractivity contribution is -0.147. The number of hydrogen-bond donors (Lipinski definition) is 1. The van der Waals surface area contributed by atoms with Gasteiger partial charge in [-0.15, -0.1) is 0 Å². The van der Waals surface area contributed by atoms with Crippen LogP contribution < -0.4 is 10.5 Å². The number of nitrogens with zero attached hydrogens (tertiary/aromatic N) is 1. The summed E-state index contributed by atoms with van der Waals surface area (Å²) in [5.41, 5.74) is 6.62. The minimum Gasteiger partial charge on any atom is -0.496 e. The molecule has 1 atom stereocenters. The Morgan fingerprint density at radius 2 is 2.05 bits per heavy atom. The third kappa shape index (κ3) is 3.09. The second-order valence-corrected chi connectivity index (χ2v) is 4.99. The highest BCUT2D eigenvalue weighted by Crippen LogP contribution is 2.26. The number of anilines is 1. The van der Waals surface area contributed by atoms with Gasteiger partial charge in [0.15, 0.2) is 0 Å². The molecule has 1 aliphatic rings. The van der Waals surface area contributed by atoms with Crippen LogP contribution in [0.15, 0.2) is 18.2 Å². The van der Waals surface area contributed by atoms with Gasteiger partial charge in [-0.3, -0.25) is 4.79 Å². The molecule has 21 heavy (non-hydrogen) atoms. The Morgan fingerprint density at radius 1 is 1.29 bits per heavy atom. The highest BCUT2D eigenvalue weighted by atomic mass is 16.5. The van der Waals surface area contributed by atoms with Gasteiger partial charge >= 0.3 is 5.97 Å². The van der Waals surface area contributed by atoms with Crippen molar-refractivity contribution in [1.82, 2.24) is 4.90 Å². The smallest absolute Gasteiger partial charge is 0.328 e. The summed E-state index contributed by atoms with van der Waals surface area (Å²) in [6.45, 7) is 0.534. The number of likely N-dealkylation sites (tertiary alicyclic amines) is 1. The molecule has 114 valence electrons. The lowest BCUT2D eigenvalue weighted by Gasteiger charge is -2.34. The number of esters is 1. The maximum atomic E-state index is 12.7. The van der Waals surface area contributed by atoms with Gasteiger partial charge in [0, 0.05) is 18.3 Å². The Labute approximate surface area is 123 Å². The SMILES string of the molecule is COC(=O)C1CCCCN1C(=O)c1ccc(N)cc1OC. The van der Waals surface area contributed by atoms with Crippen LogP contribution in [0.2, 0.25) is 0 Å². The van der Waals surface area contributed by atoms with Crippen LogP contribution >= 0.6 is 0 Å². The van der Waals surface area contributed by atoms with Crippen molar-refractivity contribution in [1.29, 1.82) is 0 Å². The standard InChI is InChI=1S/C15H20N2O4/c1-20-13-9-10(16)6-7-11(13)14(18)17-8-4-3-5-12(17)15(19)21-2/h6-7,9,12H,3-5,8,16H2,1-2H3. The molecule has 1 unspecified atom stereocenters. The zero-order valence-electron chi connectivity index (χ0n) is 12.3. The summed E-state index contributed by atoms with van der Waals surface area (Å²) >= 11 is 0. The van der Waals surface area contributed by atoms with Crippen LogP contribution in [-0.4, -0.2) is 43.6 Å². The van der Waals surface area contributed by atoms with E-state index in [2.05, 4.69) is 0 Å². The van der Waals surface area contributed by atoms with Gasteiger partial charge in [-0.05, 0) is 31.4 Å². The van der Waals surface area contributed by atoms with Gasteiger partial charge in [0.25, 0.3) is 5.91 Å². The average Bonchev–Trinajstić information content (AvgIpc) is 2.53. The number of methoxy groups -OCH3 is 2. The van der Waals surface area contributed by atoms with Gasteiger partial charge in [0.2, 0.25) is 0 Å². The number of amides is 1. The predicted octanol–water partition coefficient (Wildman–Crippen LogP) is 1.45. The second kappa shape index (κ2) is 6.47. The molecular weight excluding hydrogens is 272 g/mol. The number of ether oxygens (including phenoxy) is 2. The summed E-state index contributed by atoms with van der Waals surface area (Å²) < 4.78 is 10.0. The zero-order valence-corrected chi connectivity index (χ0v) is 12.3. The number of rotatable bonds is 3. The number of nitrogens with two attached hydrogens (primary N) is 1. The molecule has 0 radical (unpaired) electrons. The number of carbonyl (C=O) groups excluding carboxylic acids is 2. The Kier molecular flexibility index (Phi) is 4.67. The highest BCUT2D eigenvalue weighted by molar-refractivity contribution is 5.99. The van der Waals surface area contributed by atoms with Crippen molar-refractivity contribution in [3.8, 4) is 5.75 Å². The van der Waals surface area contributed by atoms with E-state index in [9.17, 15) is 9.59 Å². The quantitative estimate of drug-likeness (QED) is 0.673. The molecule has 2 N–H and O–H groups in total. The van der Waals surface area contributed by atoms with Crippen LogP contribution in [0.4, 0.5) is 5.69 Å². The van der Waals surface area contributed by atoms with E-state index in [1.54, 1.807) is 23.1 Å².